The topological polar surface area (TPSA) is 75.6 Å². The summed E-state index contributed by atoms with van der Waals surface area (Å²) in [6, 6.07) is 8.02. The average Bonchev–Trinajstić information content (AvgIpc) is 3.28. The maximum absolute atomic E-state index is 13.7. The molecule has 29 heavy (non-hydrogen) atoms. The zero-order valence-corrected chi connectivity index (χ0v) is 17.2. The molecule has 0 saturated heterocycles. The summed E-state index contributed by atoms with van der Waals surface area (Å²) < 4.78 is 15.5. The molecule has 0 bridgehead atoms. The average molecular weight is 395 g/mol. The van der Waals surface area contributed by atoms with E-state index in [0.29, 0.717) is 11.4 Å². The van der Waals surface area contributed by atoms with Crippen molar-refractivity contribution in [2.24, 2.45) is 5.41 Å². The number of nitrogens with one attached hydrogen (secondary N) is 2. The Balaban J connectivity index is 1.65. The summed E-state index contributed by atoms with van der Waals surface area (Å²) in [6.45, 7) is 8.44. The Hall–Kier alpha value is -2.96. The van der Waals surface area contributed by atoms with Crippen molar-refractivity contribution >= 4 is 5.91 Å². The Morgan fingerprint density at radius 1 is 1.34 bits per heavy atom. The molecule has 0 fully saturated rings. The first-order valence-electron chi connectivity index (χ1n) is 9.92. The highest BCUT2D eigenvalue weighted by Crippen LogP contribution is 2.41. The fraction of sp³-hybridized carbons (Fsp3) is 0.409. The Kier molecular flexibility index (Phi) is 4.76. The largest absolute Gasteiger partial charge is 0.344 e. The maximum Gasteiger partial charge on any atom is 0.272 e. The number of hydrogen-bond donors (Lipinski definition) is 2. The van der Waals surface area contributed by atoms with E-state index in [1.54, 1.807) is 23.0 Å². The standard InChI is InChI=1S/C22H26FN5O/c1-13(2)17-9-18(27-26-17)21(29)25-19-10-22(3,4)11-20-16(19)12-24-28(20)15-7-5-6-14(23)8-15/h5-9,12-13,19H,10-11H2,1-4H3,(H,25,29)(H,26,27)/t19-/m1/s1. The molecule has 2 N–H and O–H groups in total. The Morgan fingerprint density at radius 3 is 2.83 bits per heavy atom. The molecule has 6 nitrogen and oxygen atoms in total. The van der Waals surface area contributed by atoms with Gasteiger partial charge in [-0.1, -0.05) is 33.8 Å². The van der Waals surface area contributed by atoms with Gasteiger partial charge >= 0.3 is 0 Å². The van der Waals surface area contributed by atoms with Gasteiger partial charge in [-0.15, -0.1) is 0 Å². The van der Waals surface area contributed by atoms with Crippen molar-refractivity contribution in [3.8, 4) is 5.69 Å². The van der Waals surface area contributed by atoms with Crippen molar-refractivity contribution in [2.45, 2.75) is 52.5 Å². The van der Waals surface area contributed by atoms with Crippen LogP contribution in [0.1, 0.15) is 73.5 Å². The van der Waals surface area contributed by atoms with Crippen molar-refractivity contribution in [1.82, 2.24) is 25.3 Å². The molecule has 7 heteroatoms. The van der Waals surface area contributed by atoms with E-state index >= 15 is 0 Å². The molecule has 0 spiro atoms. The second-order valence-electron chi connectivity index (χ2n) is 8.87. The summed E-state index contributed by atoms with van der Waals surface area (Å²) >= 11 is 0. The normalized spacial score (nSPS) is 17.9. The van der Waals surface area contributed by atoms with Gasteiger partial charge in [0.15, 0.2) is 0 Å². The maximum atomic E-state index is 13.7. The highest BCUT2D eigenvalue weighted by Gasteiger charge is 2.36. The first-order chi connectivity index (χ1) is 13.7. The van der Waals surface area contributed by atoms with Gasteiger partial charge in [0.2, 0.25) is 0 Å². The number of nitrogens with zero attached hydrogens (tertiary/aromatic N) is 3. The van der Waals surface area contributed by atoms with Gasteiger partial charge in [0.1, 0.15) is 11.5 Å². The molecular formula is C22H26FN5O. The number of rotatable bonds is 4. The van der Waals surface area contributed by atoms with E-state index in [4.69, 9.17) is 0 Å². The Labute approximate surface area is 169 Å². The van der Waals surface area contributed by atoms with Crippen molar-refractivity contribution in [3.05, 3.63) is 65.0 Å². The highest BCUT2D eigenvalue weighted by atomic mass is 19.1. The van der Waals surface area contributed by atoms with Gasteiger partial charge in [-0.05, 0) is 48.4 Å². The van der Waals surface area contributed by atoms with E-state index in [1.165, 1.54) is 12.1 Å². The number of aromatic nitrogens is 4. The van der Waals surface area contributed by atoms with Crippen LogP contribution in [0.2, 0.25) is 0 Å². The fourth-order valence-corrected chi connectivity index (χ4v) is 3.98. The minimum Gasteiger partial charge on any atom is -0.344 e. The third-order valence-electron chi connectivity index (χ3n) is 5.49. The lowest BCUT2D eigenvalue weighted by Crippen LogP contribution is -2.37. The number of halogens is 1. The van der Waals surface area contributed by atoms with E-state index < -0.39 is 0 Å². The second-order valence-corrected chi connectivity index (χ2v) is 8.87. The van der Waals surface area contributed by atoms with Crippen LogP contribution in [0, 0.1) is 11.2 Å². The predicted octanol–water partition coefficient (Wildman–Crippen LogP) is 4.30. The van der Waals surface area contributed by atoms with Crippen LogP contribution in [0.3, 0.4) is 0 Å². The molecule has 1 amide bonds. The number of hydrogen-bond acceptors (Lipinski definition) is 3. The number of carbonyl (C=O) groups is 1. The molecule has 152 valence electrons. The van der Waals surface area contributed by atoms with Gasteiger partial charge in [-0.25, -0.2) is 9.07 Å². The van der Waals surface area contributed by atoms with Crippen LogP contribution in [0.4, 0.5) is 4.39 Å². The van der Waals surface area contributed by atoms with Crippen LogP contribution in [0.5, 0.6) is 0 Å². The number of carbonyl (C=O) groups excluding carboxylic acids is 1. The quantitative estimate of drug-likeness (QED) is 0.691. The smallest absolute Gasteiger partial charge is 0.272 e. The predicted molar refractivity (Wildman–Crippen MR) is 109 cm³/mol. The van der Waals surface area contributed by atoms with Crippen LogP contribution < -0.4 is 5.32 Å². The second kappa shape index (κ2) is 7.13. The molecule has 1 aliphatic rings. The lowest BCUT2D eigenvalue weighted by atomic mass is 9.74. The third kappa shape index (κ3) is 3.81. The van der Waals surface area contributed by atoms with Crippen LogP contribution in [-0.4, -0.2) is 25.9 Å². The molecule has 1 atom stereocenters. The number of fused-ring (bicyclic) bond motifs is 1. The van der Waals surface area contributed by atoms with E-state index in [9.17, 15) is 9.18 Å². The van der Waals surface area contributed by atoms with Gasteiger partial charge in [0, 0.05) is 11.3 Å². The zero-order chi connectivity index (χ0) is 20.8. The van der Waals surface area contributed by atoms with E-state index in [-0.39, 0.29) is 29.1 Å². The molecule has 1 aliphatic carbocycles. The van der Waals surface area contributed by atoms with Crippen molar-refractivity contribution in [1.29, 1.82) is 0 Å². The lowest BCUT2D eigenvalue weighted by Gasteiger charge is -2.35. The van der Waals surface area contributed by atoms with Crippen LogP contribution in [0.15, 0.2) is 36.5 Å². The van der Waals surface area contributed by atoms with E-state index in [0.717, 1.165) is 29.8 Å². The number of H-pyrrole nitrogens is 1. The SMILES string of the molecule is CC(C)c1cc(C(=O)N[C@@H]2CC(C)(C)Cc3c2cnn3-c2cccc(F)c2)n[nH]1. The summed E-state index contributed by atoms with van der Waals surface area (Å²) in [6.07, 6.45) is 3.37. The van der Waals surface area contributed by atoms with Crippen LogP contribution >= 0.6 is 0 Å². The fourth-order valence-electron chi connectivity index (χ4n) is 3.98. The first-order valence-corrected chi connectivity index (χ1v) is 9.92. The van der Waals surface area contributed by atoms with Gasteiger partial charge in [-0.2, -0.15) is 10.2 Å². The van der Waals surface area contributed by atoms with Crippen molar-refractivity contribution < 1.29 is 9.18 Å². The first kappa shape index (κ1) is 19.4. The van der Waals surface area contributed by atoms with Crippen molar-refractivity contribution in [2.75, 3.05) is 0 Å². The monoisotopic (exact) mass is 395 g/mol. The number of aromatic amines is 1. The molecular weight excluding hydrogens is 369 g/mol. The number of benzene rings is 1. The Bertz CT molecular complexity index is 1050. The number of amides is 1. The molecule has 0 unspecified atom stereocenters. The minimum atomic E-state index is -0.300. The molecule has 2 aromatic heterocycles. The summed E-state index contributed by atoms with van der Waals surface area (Å²) in [5.74, 6) is -0.236. The van der Waals surface area contributed by atoms with Crippen LogP contribution in [-0.2, 0) is 6.42 Å². The summed E-state index contributed by atoms with van der Waals surface area (Å²) in [5, 5.41) is 14.7. The molecule has 0 radical (unpaired) electrons. The molecule has 0 saturated carbocycles. The summed E-state index contributed by atoms with van der Waals surface area (Å²) in [7, 11) is 0. The minimum absolute atomic E-state index is 0.0370. The molecule has 0 aliphatic heterocycles. The summed E-state index contributed by atoms with van der Waals surface area (Å²) in [5.41, 5.74) is 3.94. The third-order valence-corrected chi connectivity index (χ3v) is 5.49. The van der Waals surface area contributed by atoms with Gasteiger partial charge in [-0.3, -0.25) is 9.89 Å². The van der Waals surface area contributed by atoms with Crippen LogP contribution in [0.25, 0.3) is 5.69 Å². The van der Waals surface area contributed by atoms with E-state index in [1.807, 2.05) is 19.9 Å². The molecule has 1 aromatic carbocycles. The van der Waals surface area contributed by atoms with Gasteiger partial charge < -0.3 is 5.32 Å². The van der Waals surface area contributed by atoms with Gasteiger partial charge in [0.05, 0.1) is 23.6 Å². The van der Waals surface area contributed by atoms with E-state index in [2.05, 4.69) is 34.5 Å². The zero-order valence-electron chi connectivity index (χ0n) is 17.2. The lowest BCUT2D eigenvalue weighted by molar-refractivity contribution is 0.0914. The van der Waals surface area contributed by atoms with Crippen molar-refractivity contribution in [3.63, 3.8) is 0 Å². The molecule has 3 aromatic rings. The summed E-state index contributed by atoms with van der Waals surface area (Å²) in [4.78, 5) is 12.8. The van der Waals surface area contributed by atoms with Gasteiger partial charge in [0.25, 0.3) is 5.91 Å². The molecule has 2 heterocycles. The molecule has 4 rings (SSSR count). The Morgan fingerprint density at radius 2 is 2.14 bits per heavy atom. The highest BCUT2D eigenvalue weighted by molar-refractivity contribution is 5.92.